The highest BCUT2D eigenvalue weighted by molar-refractivity contribution is 6.31. The Morgan fingerprint density at radius 2 is 1.88 bits per heavy atom. The molecule has 0 saturated carbocycles. The van der Waals surface area contributed by atoms with E-state index in [1.165, 1.54) is 0 Å². The Labute approximate surface area is 160 Å². The first-order valence-corrected chi connectivity index (χ1v) is 8.55. The van der Waals surface area contributed by atoms with Crippen LogP contribution in [0.25, 0.3) is 11.1 Å². The molecule has 0 fully saturated rings. The predicted octanol–water partition coefficient (Wildman–Crippen LogP) is 5.11. The van der Waals surface area contributed by atoms with Gasteiger partial charge in [-0.05, 0) is 37.3 Å². The topological polar surface area (TPSA) is 65.9 Å². The minimum absolute atomic E-state index is 0.0143. The lowest BCUT2D eigenvalue weighted by atomic mass is 10.00. The van der Waals surface area contributed by atoms with Crippen molar-refractivity contribution in [1.29, 1.82) is 5.26 Å². The van der Waals surface area contributed by atoms with Crippen molar-refractivity contribution >= 4 is 23.2 Å². The van der Waals surface area contributed by atoms with Crippen LogP contribution in [0, 0.1) is 18.3 Å². The van der Waals surface area contributed by atoms with Gasteiger partial charge in [0.1, 0.15) is 24.0 Å². The largest absolute Gasteiger partial charge is 0.488 e. The van der Waals surface area contributed by atoms with Gasteiger partial charge in [0, 0.05) is 32.4 Å². The van der Waals surface area contributed by atoms with Crippen molar-refractivity contribution in [3.63, 3.8) is 0 Å². The third-order valence-electron chi connectivity index (χ3n) is 3.85. The molecule has 1 aromatic heterocycles. The Bertz CT molecular complexity index is 1070. The zero-order valence-corrected chi connectivity index (χ0v) is 15.4. The SMILES string of the molecule is Cc1cc(-c2cc(Cl)ccc2OCc2ccccc2Cl)c(C#N)c(=O)[nH]1. The van der Waals surface area contributed by atoms with E-state index in [2.05, 4.69) is 4.98 Å². The number of rotatable bonds is 4. The van der Waals surface area contributed by atoms with E-state index in [4.69, 9.17) is 27.9 Å². The van der Waals surface area contributed by atoms with Gasteiger partial charge in [0.05, 0.1) is 0 Å². The van der Waals surface area contributed by atoms with Crippen molar-refractivity contribution in [3.05, 3.63) is 85.8 Å². The minimum atomic E-state index is -0.445. The van der Waals surface area contributed by atoms with E-state index in [0.29, 0.717) is 32.6 Å². The number of nitrogens with zero attached hydrogens (tertiary/aromatic N) is 1. The van der Waals surface area contributed by atoms with Gasteiger partial charge in [-0.25, -0.2) is 0 Å². The summed E-state index contributed by atoms with van der Waals surface area (Å²) in [6, 6.07) is 16.2. The Kier molecular flexibility index (Phi) is 5.32. The maximum absolute atomic E-state index is 12.1. The molecule has 0 atom stereocenters. The quantitative estimate of drug-likeness (QED) is 0.679. The summed E-state index contributed by atoms with van der Waals surface area (Å²) >= 11 is 12.3. The number of nitrogens with one attached hydrogen (secondary N) is 1. The third kappa shape index (κ3) is 3.75. The monoisotopic (exact) mass is 384 g/mol. The first-order valence-electron chi connectivity index (χ1n) is 7.79. The molecule has 0 aliphatic heterocycles. The second-order valence-corrected chi connectivity index (χ2v) is 6.55. The Hall–Kier alpha value is -2.74. The molecular weight excluding hydrogens is 371 g/mol. The van der Waals surface area contributed by atoms with E-state index in [1.807, 2.05) is 24.3 Å². The first-order chi connectivity index (χ1) is 12.5. The molecule has 0 unspecified atom stereocenters. The summed E-state index contributed by atoms with van der Waals surface area (Å²) < 4.78 is 5.93. The number of aromatic nitrogens is 1. The number of halogens is 2. The minimum Gasteiger partial charge on any atom is -0.488 e. The molecule has 0 saturated heterocycles. The van der Waals surface area contributed by atoms with E-state index in [0.717, 1.165) is 5.56 Å². The van der Waals surface area contributed by atoms with E-state index in [1.54, 1.807) is 37.3 Å². The van der Waals surface area contributed by atoms with Crippen LogP contribution in [-0.2, 0) is 6.61 Å². The van der Waals surface area contributed by atoms with Crippen LogP contribution in [0.2, 0.25) is 10.0 Å². The maximum atomic E-state index is 12.1. The van der Waals surface area contributed by atoms with Gasteiger partial charge < -0.3 is 9.72 Å². The van der Waals surface area contributed by atoms with Crippen molar-refractivity contribution in [2.45, 2.75) is 13.5 Å². The van der Waals surface area contributed by atoms with Crippen LogP contribution in [0.3, 0.4) is 0 Å². The maximum Gasteiger partial charge on any atom is 0.266 e. The summed E-state index contributed by atoms with van der Waals surface area (Å²) in [6.45, 7) is 2.00. The van der Waals surface area contributed by atoms with E-state index in [9.17, 15) is 10.1 Å². The van der Waals surface area contributed by atoms with Crippen LogP contribution in [0.4, 0.5) is 0 Å². The number of aryl methyl sites for hydroxylation is 1. The molecule has 0 aliphatic carbocycles. The summed E-state index contributed by atoms with van der Waals surface area (Å²) in [5, 5.41) is 10.5. The first kappa shape index (κ1) is 18.1. The standard InChI is InChI=1S/C20H14Cl2N2O2/c1-12-8-15(17(10-23)20(25)24-12)16-9-14(21)6-7-19(16)26-11-13-4-2-3-5-18(13)22/h2-9H,11H2,1H3,(H,24,25). The molecule has 0 bridgehead atoms. The molecule has 0 spiro atoms. The molecule has 1 heterocycles. The van der Waals surface area contributed by atoms with Crippen molar-refractivity contribution in [1.82, 2.24) is 4.98 Å². The zero-order chi connectivity index (χ0) is 18.7. The van der Waals surface area contributed by atoms with Crippen LogP contribution in [0.15, 0.2) is 53.3 Å². The number of nitriles is 1. The molecule has 0 radical (unpaired) electrons. The Balaban J connectivity index is 2.07. The molecule has 26 heavy (non-hydrogen) atoms. The second-order valence-electron chi connectivity index (χ2n) is 5.70. The fourth-order valence-corrected chi connectivity index (χ4v) is 2.98. The summed E-state index contributed by atoms with van der Waals surface area (Å²) in [4.78, 5) is 14.7. The highest BCUT2D eigenvalue weighted by atomic mass is 35.5. The number of pyridine rings is 1. The number of ether oxygens (including phenoxy) is 1. The second kappa shape index (κ2) is 7.65. The van der Waals surface area contributed by atoms with Gasteiger partial charge in [-0.1, -0.05) is 41.4 Å². The van der Waals surface area contributed by atoms with E-state index in [-0.39, 0.29) is 12.2 Å². The highest BCUT2D eigenvalue weighted by Gasteiger charge is 2.15. The summed E-state index contributed by atoms with van der Waals surface area (Å²) in [5.41, 5.74) is 2.10. The number of hydrogen-bond donors (Lipinski definition) is 1. The van der Waals surface area contributed by atoms with Gasteiger partial charge in [0.2, 0.25) is 0 Å². The van der Waals surface area contributed by atoms with E-state index < -0.39 is 5.56 Å². The normalized spacial score (nSPS) is 10.4. The van der Waals surface area contributed by atoms with Crippen molar-refractivity contribution < 1.29 is 4.74 Å². The smallest absolute Gasteiger partial charge is 0.266 e. The third-order valence-corrected chi connectivity index (χ3v) is 4.46. The molecule has 0 aliphatic rings. The van der Waals surface area contributed by atoms with Gasteiger partial charge in [-0.3, -0.25) is 4.79 Å². The molecule has 6 heteroatoms. The lowest BCUT2D eigenvalue weighted by Gasteiger charge is -2.14. The van der Waals surface area contributed by atoms with Crippen molar-refractivity contribution in [3.8, 4) is 22.9 Å². The van der Waals surface area contributed by atoms with Crippen LogP contribution in [-0.4, -0.2) is 4.98 Å². The van der Waals surface area contributed by atoms with Gasteiger partial charge in [-0.15, -0.1) is 0 Å². The molecule has 3 rings (SSSR count). The van der Waals surface area contributed by atoms with Crippen LogP contribution >= 0.6 is 23.2 Å². The predicted molar refractivity (Wildman–Crippen MR) is 103 cm³/mol. The number of H-pyrrole nitrogens is 1. The average Bonchev–Trinajstić information content (AvgIpc) is 2.61. The number of hydrogen-bond acceptors (Lipinski definition) is 3. The Morgan fingerprint density at radius 3 is 2.62 bits per heavy atom. The molecular formula is C20H14Cl2N2O2. The van der Waals surface area contributed by atoms with E-state index >= 15 is 0 Å². The number of benzene rings is 2. The Morgan fingerprint density at radius 1 is 1.12 bits per heavy atom. The highest BCUT2D eigenvalue weighted by Crippen LogP contribution is 2.34. The van der Waals surface area contributed by atoms with Gasteiger partial charge in [-0.2, -0.15) is 5.26 Å². The van der Waals surface area contributed by atoms with Crippen molar-refractivity contribution in [2.75, 3.05) is 0 Å². The zero-order valence-electron chi connectivity index (χ0n) is 13.8. The van der Waals surface area contributed by atoms with Gasteiger partial charge in [0.15, 0.2) is 0 Å². The fourth-order valence-electron chi connectivity index (χ4n) is 2.62. The molecule has 130 valence electrons. The molecule has 4 nitrogen and oxygen atoms in total. The van der Waals surface area contributed by atoms with Crippen molar-refractivity contribution in [2.24, 2.45) is 0 Å². The molecule has 2 aromatic carbocycles. The molecule has 0 amide bonds. The summed E-state index contributed by atoms with van der Waals surface area (Å²) in [7, 11) is 0. The molecule has 3 aromatic rings. The van der Waals surface area contributed by atoms with Crippen LogP contribution < -0.4 is 10.3 Å². The summed E-state index contributed by atoms with van der Waals surface area (Å²) in [5.74, 6) is 0.510. The van der Waals surface area contributed by atoms with Crippen LogP contribution in [0.1, 0.15) is 16.8 Å². The molecule has 1 N–H and O–H groups in total. The fraction of sp³-hybridized carbons (Fsp3) is 0.100. The van der Waals surface area contributed by atoms with Crippen LogP contribution in [0.5, 0.6) is 5.75 Å². The average molecular weight is 385 g/mol. The number of aromatic amines is 1. The summed E-state index contributed by atoms with van der Waals surface area (Å²) in [6.07, 6.45) is 0. The van der Waals surface area contributed by atoms with Gasteiger partial charge >= 0.3 is 0 Å². The lowest BCUT2D eigenvalue weighted by Crippen LogP contribution is -2.13. The lowest BCUT2D eigenvalue weighted by molar-refractivity contribution is 0.307. The van der Waals surface area contributed by atoms with Gasteiger partial charge in [0.25, 0.3) is 5.56 Å².